The number of carbonyl (C=O) groups is 1. The monoisotopic (exact) mass is 230 g/mol. The first-order valence-electron chi connectivity index (χ1n) is 5.53. The third kappa shape index (κ3) is 2.41. The predicted molar refractivity (Wildman–Crippen MR) is 63.8 cm³/mol. The molecule has 2 aromatic rings. The quantitative estimate of drug-likeness (QED) is 0.760. The van der Waals surface area contributed by atoms with Crippen molar-refractivity contribution in [1.29, 1.82) is 0 Å². The van der Waals surface area contributed by atoms with Crippen LogP contribution in [-0.2, 0) is 0 Å². The molecule has 0 radical (unpaired) electrons. The molecule has 0 N–H and O–H groups in total. The number of carbonyl (C=O) groups excluding carboxylic acids is 1. The molecule has 1 heterocycles. The number of hydrogen-bond acceptors (Lipinski definition) is 4. The second kappa shape index (κ2) is 4.49. The SMILES string of the molecule is CC(=O)c1ccc(-c2noc(C(C)C)n2)cc1. The van der Waals surface area contributed by atoms with E-state index >= 15 is 0 Å². The van der Waals surface area contributed by atoms with E-state index in [1.165, 1.54) is 0 Å². The zero-order valence-corrected chi connectivity index (χ0v) is 10.1. The van der Waals surface area contributed by atoms with E-state index in [9.17, 15) is 4.79 Å². The topological polar surface area (TPSA) is 56.0 Å². The summed E-state index contributed by atoms with van der Waals surface area (Å²) in [5.41, 5.74) is 1.53. The fourth-order valence-electron chi connectivity index (χ4n) is 1.44. The minimum Gasteiger partial charge on any atom is -0.339 e. The summed E-state index contributed by atoms with van der Waals surface area (Å²) in [6.07, 6.45) is 0. The van der Waals surface area contributed by atoms with Gasteiger partial charge < -0.3 is 4.52 Å². The van der Waals surface area contributed by atoms with Gasteiger partial charge in [0.1, 0.15) is 0 Å². The first-order valence-corrected chi connectivity index (χ1v) is 5.53. The molecule has 0 aliphatic rings. The van der Waals surface area contributed by atoms with Gasteiger partial charge in [0, 0.05) is 17.0 Å². The summed E-state index contributed by atoms with van der Waals surface area (Å²) in [7, 11) is 0. The highest BCUT2D eigenvalue weighted by Crippen LogP contribution is 2.19. The van der Waals surface area contributed by atoms with Crippen LogP contribution in [0, 0.1) is 0 Å². The lowest BCUT2D eigenvalue weighted by Crippen LogP contribution is -1.91. The molecule has 0 atom stereocenters. The van der Waals surface area contributed by atoms with Crippen LogP contribution in [0.2, 0.25) is 0 Å². The van der Waals surface area contributed by atoms with Crippen LogP contribution >= 0.6 is 0 Å². The molecule has 0 saturated heterocycles. The largest absolute Gasteiger partial charge is 0.339 e. The molecule has 2 rings (SSSR count). The van der Waals surface area contributed by atoms with Gasteiger partial charge in [-0.15, -0.1) is 0 Å². The maximum Gasteiger partial charge on any atom is 0.229 e. The number of Topliss-reactive ketones (excluding diaryl/α,β-unsaturated/α-hetero) is 1. The lowest BCUT2D eigenvalue weighted by atomic mass is 10.1. The standard InChI is InChI=1S/C13H14N2O2/c1-8(2)13-14-12(15-17-13)11-6-4-10(5-7-11)9(3)16/h4-8H,1-3H3. The normalized spacial score (nSPS) is 10.8. The summed E-state index contributed by atoms with van der Waals surface area (Å²) >= 11 is 0. The highest BCUT2D eigenvalue weighted by molar-refractivity contribution is 5.94. The number of ketones is 1. The Hall–Kier alpha value is -1.97. The Morgan fingerprint density at radius 1 is 1.24 bits per heavy atom. The van der Waals surface area contributed by atoms with Crippen LogP contribution in [0.5, 0.6) is 0 Å². The van der Waals surface area contributed by atoms with Crippen LogP contribution < -0.4 is 0 Å². The number of aromatic nitrogens is 2. The van der Waals surface area contributed by atoms with E-state index in [0.717, 1.165) is 5.56 Å². The fraction of sp³-hybridized carbons (Fsp3) is 0.308. The van der Waals surface area contributed by atoms with Gasteiger partial charge in [0.15, 0.2) is 5.78 Å². The Labute approximate surface area is 99.7 Å². The van der Waals surface area contributed by atoms with Gasteiger partial charge in [0.25, 0.3) is 0 Å². The molecule has 0 unspecified atom stereocenters. The van der Waals surface area contributed by atoms with Crippen molar-refractivity contribution in [3.05, 3.63) is 35.7 Å². The number of benzene rings is 1. The third-order valence-corrected chi connectivity index (χ3v) is 2.49. The molecule has 0 spiro atoms. The maximum absolute atomic E-state index is 11.1. The highest BCUT2D eigenvalue weighted by Gasteiger charge is 2.11. The van der Waals surface area contributed by atoms with Gasteiger partial charge in [-0.3, -0.25) is 4.79 Å². The number of hydrogen-bond donors (Lipinski definition) is 0. The number of rotatable bonds is 3. The highest BCUT2D eigenvalue weighted by atomic mass is 16.5. The van der Waals surface area contributed by atoms with E-state index < -0.39 is 0 Å². The van der Waals surface area contributed by atoms with Crippen molar-refractivity contribution < 1.29 is 9.32 Å². The molecule has 0 aliphatic heterocycles. The van der Waals surface area contributed by atoms with E-state index in [2.05, 4.69) is 10.1 Å². The van der Waals surface area contributed by atoms with Crippen LogP contribution in [0.25, 0.3) is 11.4 Å². The van der Waals surface area contributed by atoms with Crippen molar-refractivity contribution in [1.82, 2.24) is 10.1 Å². The minimum atomic E-state index is 0.0486. The van der Waals surface area contributed by atoms with Crippen LogP contribution in [-0.4, -0.2) is 15.9 Å². The zero-order chi connectivity index (χ0) is 12.4. The van der Waals surface area contributed by atoms with Crippen molar-refractivity contribution in [2.24, 2.45) is 0 Å². The first-order chi connectivity index (χ1) is 8.08. The lowest BCUT2D eigenvalue weighted by Gasteiger charge is -1.97. The van der Waals surface area contributed by atoms with Gasteiger partial charge >= 0.3 is 0 Å². The Morgan fingerprint density at radius 2 is 1.88 bits per heavy atom. The van der Waals surface area contributed by atoms with Crippen molar-refractivity contribution in [3.8, 4) is 11.4 Å². The van der Waals surface area contributed by atoms with Gasteiger partial charge in [-0.05, 0) is 6.92 Å². The molecule has 1 aromatic heterocycles. The summed E-state index contributed by atoms with van der Waals surface area (Å²) < 4.78 is 5.13. The molecule has 1 aromatic carbocycles. The second-order valence-electron chi connectivity index (χ2n) is 4.24. The van der Waals surface area contributed by atoms with Crippen molar-refractivity contribution in [3.63, 3.8) is 0 Å². The van der Waals surface area contributed by atoms with Crippen LogP contribution in [0.1, 0.15) is 42.9 Å². The molecule has 4 heteroatoms. The van der Waals surface area contributed by atoms with Crippen molar-refractivity contribution in [2.75, 3.05) is 0 Å². The van der Waals surface area contributed by atoms with E-state index in [4.69, 9.17) is 4.52 Å². The van der Waals surface area contributed by atoms with E-state index in [1.54, 1.807) is 19.1 Å². The predicted octanol–water partition coefficient (Wildman–Crippen LogP) is 3.06. The Bertz CT molecular complexity index is 527. The van der Waals surface area contributed by atoms with Gasteiger partial charge in [-0.25, -0.2) is 0 Å². The van der Waals surface area contributed by atoms with E-state index in [1.807, 2.05) is 26.0 Å². The number of nitrogens with zero attached hydrogens (tertiary/aromatic N) is 2. The van der Waals surface area contributed by atoms with E-state index in [0.29, 0.717) is 17.3 Å². The molecule has 0 fully saturated rings. The average Bonchev–Trinajstić information content (AvgIpc) is 2.78. The summed E-state index contributed by atoms with van der Waals surface area (Å²) in [4.78, 5) is 15.4. The Kier molecular flexibility index (Phi) is 3.04. The summed E-state index contributed by atoms with van der Waals surface area (Å²) in [5.74, 6) is 1.44. The molecule has 0 aliphatic carbocycles. The molecule has 0 amide bonds. The zero-order valence-electron chi connectivity index (χ0n) is 10.1. The van der Waals surface area contributed by atoms with Gasteiger partial charge in [0.05, 0.1) is 0 Å². The molecule has 4 nitrogen and oxygen atoms in total. The van der Waals surface area contributed by atoms with Crippen molar-refractivity contribution >= 4 is 5.78 Å². The first kappa shape index (κ1) is 11.5. The molecule has 17 heavy (non-hydrogen) atoms. The molecular formula is C13H14N2O2. The van der Waals surface area contributed by atoms with E-state index in [-0.39, 0.29) is 11.7 Å². The van der Waals surface area contributed by atoms with Crippen LogP contribution in [0.4, 0.5) is 0 Å². The molecule has 0 saturated carbocycles. The minimum absolute atomic E-state index is 0.0486. The summed E-state index contributed by atoms with van der Waals surface area (Å²) in [5, 5.41) is 3.91. The van der Waals surface area contributed by atoms with Crippen LogP contribution in [0.3, 0.4) is 0 Å². The smallest absolute Gasteiger partial charge is 0.229 e. The molecular weight excluding hydrogens is 216 g/mol. The third-order valence-electron chi connectivity index (χ3n) is 2.49. The molecule has 0 bridgehead atoms. The summed E-state index contributed by atoms with van der Waals surface area (Å²) in [6.45, 7) is 5.53. The maximum atomic E-state index is 11.1. The van der Waals surface area contributed by atoms with Gasteiger partial charge in [0.2, 0.25) is 11.7 Å². The molecule has 88 valence electrons. The van der Waals surface area contributed by atoms with Gasteiger partial charge in [-0.2, -0.15) is 4.98 Å². The summed E-state index contributed by atoms with van der Waals surface area (Å²) in [6, 6.07) is 7.18. The lowest BCUT2D eigenvalue weighted by molar-refractivity contribution is 0.101. The Balaban J connectivity index is 2.30. The Morgan fingerprint density at radius 3 is 2.35 bits per heavy atom. The fourth-order valence-corrected chi connectivity index (χ4v) is 1.44. The van der Waals surface area contributed by atoms with Crippen molar-refractivity contribution in [2.45, 2.75) is 26.7 Å². The average molecular weight is 230 g/mol. The van der Waals surface area contributed by atoms with Crippen LogP contribution in [0.15, 0.2) is 28.8 Å². The van der Waals surface area contributed by atoms with Gasteiger partial charge in [-0.1, -0.05) is 43.3 Å². The second-order valence-corrected chi connectivity index (χ2v) is 4.24.